The van der Waals surface area contributed by atoms with E-state index in [1.807, 2.05) is 59.2 Å². The highest BCUT2D eigenvalue weighted by molar-refractivity contribution is 6.09. The number of furan rings is 1. The molecule has 0 atom stereocenters. The molecule has 0 unspecified atom stereocenters. The third-order valence-electron chi connectivity index (χ3n) is 5.00. The van der Waals surface area contributed by atoms with Gasteiger partial charge in [0.05, 0.1) is 17.1 Å². The summed E-state index contributed by atoms with van der Waals surface area (Å²) in [6.07, 6.45) is 1.62. The van der Waals surface area contributed by atoms with Gasteiger partial charge in [-0.3, -0.25) is 4.57 Å². The molecule has 0 spiro atoms. The van der Waals surface area contributed by atoms with E-state index in [1.54, 1.807) is 12.3 Å². The normalized spacial score (nSPS) is 11.6. The summed E-state index contributed by atoms with van der Waals surface area (Å²) in [6, 6.07) is 20.3. The molecule has 29 heavy (non-hydrogen) atoms. The highest BCUT2D eigenvalue weighted by Crippen LogP contribution is 2.38. The second-order valence-corrected chi connectivity index (χ2v) is 6.65. The number of hydrogen-bond donors (Lipinski definition) is 0. The summed E-state index contributed by atoms with van der Waals surface area (Å²) in [7, 11) is 0. The molecule has 0 amide bonds. The summed E-state index contributed by atoms with van der Waals surface area (Å²) >= 11 is 0. The predicted octanol–water partition coefficient (Wildman–Crippen LogP) is 4.92. The second kappa shape index (κ2) is 5.93. The van der Waals surface area contributed by atoms with Crippen LogP contribution in [0.3, 0.4) is 0 Å². The van der Waals surface area contributed by atoms with Crippen molar-refractivity contribution in [3.8, 4) is 17.1 Å². The summed E-state index contributed by atoms with van der Waals surface area (Å²) in [5.41, 5.74) is 3.77. The lowest BCUT2D eigenvalue weighted by molar-refractivity contribution is 0.634. The van der Waals surface area contributed by atoms with Crippen LogP contribution in [0.25, 0.3) is 50.2 Å². The zero-order valence-corrected chi connectivity index (χ0v) is 15.0. The number of fused-ring (bicyclic) bond motifs is 4. The Morgan fingerprint density at radius 1 is 0.897 bits per heavy atom. The average molecular weight is 381 g/mol. The number of halogens is 1. The van der Waals surface area contributed by atoms with E-state index in [-0.39, 0.29) is 5.82 Å². The Bertz CT molecular complexity index is 1520. The van der Waals surface area contributed by atoms with Gasteiger partial charge in [0, 0.05) is 11.1 Å². The van der Waals surface area contributed by atoms with Crippen LogP contribution in [0.5, 0.6) is 0 Å². The molecule has 0 aliphatic rings. The van der Waals surface area contributed by atoms with Crippen LogP contribution in [0.4, 0.5) is 4.39 Å². The first-order chi connectivity index (χ1) is 14.3. The first-order valence-corrected chi connectivity index (χ1v) is 9.03. The number of nitrogens with zero attached hydrogens (tertiary/aromatic N) is 5. The number of imidazole rings is 1. The molecule has 0 saturated heterocycles. The third-order valence-corrected chi connectivity index (χ3v) is 5.00. The van der Waals surface area contributed by atoms with Crippen LogP contribution >= 0.6 is 0 Å². The fraction of sp³-hybridized carbons (Fsp3) is 0. The number of aromatic nitrogens is 5. The molecule has 6 nitrogen and oxygen atoms in total. The molecule has 0 N–H and O–H groups in total. The van der Waals surface area contributed by atoms with Crippen molar-refractivity contribution in [2.75, 3.05) is 0 Å². The Hall–Kier alpha value is -4.13. The smallest absolute Gasteiger partial charge is 0.204 e. The molecule has 0 aliphatic carbocycles. The minimum absolute atomic E-state index is 0.336. The molecule has 3 aromatic heterocycles. The zero-order valence-electron chi connectivity index (χ0n) is 15.0. The van der Waals surface area contributed by atoms with Crippen LogP contribution in [0, 0.1) is 5.82 Å². The molecule has 0 bridgehead atoms. The van der Waals surface area contributed by atoms with E-state index in [2.05, 4.69) is 20.4 Å². The van der Waals surface area contributed by atoms with Crippen molar-refractivity contribution >= 4 is 33.1 Å². The molecule has 0 aliphatic heterocycles. The maximum absolute atomic E-state index is 14.8. The van der Waals surface area contributed by atoms with Crippen LogP contribution in [-0.4, -0.2) is 25.0 Å². The molecule has 0 radical (unpaired) electrons. The van der Waals surface area contributed by atoms with E-state index in [0.717, 1.165) is 11.1 Å². The first kappa shape index (κ1) is 15.9. The Morgan fingerprint density at radius 2 is 1.72 bits per heavy atom. The third kappa shape index (κ3) is 2.27. The highest BCUT2D eigenvalue weighted by Gasteiger charge is 2.22. The summed E-state index contributed by atoms with van der Waals surface area (Å²) in [5, 5.41) is 12.8. The van der Waals surface area contributed by atoms with Gasteiger partial charge in [-0.15, -0.1) is 10.2 Å². The molecule has 6 rings (SSSR count). The predicted molar refractivity (Wildman–Crippen MR) is 107 cm³/mol. The quantitative estimate of drug-likeness (QED) is 0.426. The van der Waals surface area contributed by atoms with Gasteiger partial charge in [-0.2, -0.15) is 0 Å². The Labute approximate surface area is 163 Å². The van der Waals surface area contributed by atoms with E-state index < -0.39 is 0 Å². The molecular formula is C22H12FN5O. The minimum Gasteiger partial charge on any atom is -0.455 e. The monoisotopic (exact) mass is 381 g/mol. The lowest BCUT2D eigenvalue weighted by Crippen LogP contribution is -1.98. The maximum Gasteiger partial charge on any atom is 0.204 e. The summed E-state index contributed by atoms with van der Waals surface area (Å²) in [6.45, 7) is 0. The summed E-state index contributed by atoms with van der Waals surface area (Å²) in [5.74, 6) is 0.245. The van der Waals surface area contributed by atoms with Crippen LogP contribution in [0.2, 0.25) is 0 Å². The van der Waals surface area contributed by atoms with Gasteiger partial charge >= 0.3 is 0 Å². The Balaban J connectivity index is 1.76. The van der Waals surface area contributed by atoms with E-state index >= 15 is 0 Å². The van der Waals surface area contributed by atoms with Crippen molar-refractivity contribution in [1.82, 2.24) is 25.0 Å². The van der Waals surface area contributed by atoms with Gasteiger partial charge in [-0.25, -0.2) is 9.37 Å². The first-order valence-electron chi connectivity index (χ1n) is 9.03. The molecule has 7 heteroatoms. The Morgan fingerprint density at radius 3 is 2.62 bits per heavy atom. The molecule has 3 heterocycles. The lowest BCUT2D eigenvalue weighted by Gasteiger charge is -2.09. The van der Waals surface area contributed by atoms with Gasteiger partial charge in [0.15, 0.2) is 5.82 Å². The molecule has 0 saturated carbocycles. The van der Waals surface area contributed by atoms with Crippen molar-refractivity contribution < 1.29 is 8.81 Å². The van der Waals surface area contributed by atoms with Gasteiger partial charge in [-0.1, -0.05) is 36.4 Å². The lowest BCUT2D eigenvalue weighted by atomic mass is 10.1. The van der Waals surface area contributed by atoms with E-state index in [9.17, 15) is 4.39 Å². The molecule has 138 valence electrons. The van der Waals surface area contributed by atoms with Crippen molar-refractivity contribution in [3.05, 3.63) is 78.7 Å². The van der Waals surface area contributed by atoms with Crippen molar-refractivity contribution in [3.63, 3.8) is 0 Å². The van der Waals surface area contributed by atoms with Gasteiger partial charge in [0.1, 0.15) is 22.5 Å². The molecule has 0 fully saturated rings. The largest absolute Gasteiger partial charge is 0.455 e. The second-order valence-electron chi connectivity index (χ2n) is 6.65. The van der Waals surface area contributed by atoms with E-state index in [0.29, 0.717) is 39.1 Å². The zero-order chi connectivity index (χ0) is 19.4. The number of hydrogen-bond acceptors (Lipinski definition) is 5. The van der Waals surface area contributed by atoms with Crippen LogP contribution in [0.15, 0.2) is 77.3 Å². The van der Waals surface area contributed by atoms with Crippen LogP contribution < -0.4 is 0 Å². The molecule has 3 aromatic carbocycles. The summed E-state index contributed by atoms with van der Waals surface area (Å²) in [4.78, 5) is 4.68. The van der Waals surface area contributed by atoms with Crippen molar-refractivity contribution in [2.24, 2.45) is 0 Å². The number of rotatable bonds is 2. The standard InChI is InChI=1S/C22H12FN5O/c23-16-11-10-15(20-19(16)14-8-4-5-9-18(14)29-20)22-25-21-17(12-24-27-26-21)28(22)13-6-2-1-3-7-13/h1-12H. The fourth-order valence-electron chi connectivity index (χ4n) is 3.74. The van der Waals surface area contributed by atoms with E-state index in [4.69, 9.17) is 4.42 Å². The van der Waals surface area contributed by atoms with Gasteiger partial charge in [0.2, 0.25) is 5.65 Å². The average Bonchev–Trinajstić information content (AvgIpc) is 3.34. The van der Waals surface area contributed by atoms with Gasteiger partial charge in [-0.05, 0) is 35.5 Å². The fourth-order valence-corrected chi connectivity index (χ4v) is 3.74. The molecule has 6 aromatic rings. The Kier molecular flexibility index (Phi) is 3.25. The topological polar surface area (TPSA) is 69.6 Å². The van der Waals surface area contributed by atoms with E-state index in [1.165, 1.54) is 6.07 Å². The summed E-state index contributed by atoms with van der Waals surface area (Å²) < 4.78 is 22.7. The number of para-hydroxylation sites is 2. The van der Waals surface area contributed by atoms with Gasteiger partial charge in [0.25, 0.3) is 0 Å². The number of benzene rings is 3. The van der Waals surface area contributed by atoms with Crippen molar-refractivity contribution in [1.29, 1.82) is 0 Å². The van der Waals surface area contributed by atoms with Crippen molar-refractivity contribution in [2.45, 2.75) is 0 Å². The SMILES string of the molecule is Fc1ccc(-c2nc3nnncc3n2-c2ccccc2)c2oc3ccccc3c12. The van der Waals surface area contributed by atoms with Crippen LogP contribution in [-0.2, 0) is 0 Å². The molecular weight excluding hydrogens is 369 g/mol. The maximum atomic E-state index is 14.8. The highest BCUT2D eigenvalue weighted by atomic mass is 19.1. The minimum atomic E-state index is -0.336. The van der Waals surface area contributed by atoms with Gasteiger partial charge < -0.3 is 4.42 Å². The van der Waals surface area contributed by atoms with Crippen LogP contribution in [0.1, 0.15) is 0 Å².